The second-order valence-electron chi connectivity index (χ2n) is 4.97. The summed E-state index contributed by atoms with van der Waals surface area (Å²) in [5, 5.41) is 5.30. The number of carbonyl (C=O) groups is 1. The Hall–Kier alpha value is -1.88. The van der Waals surface area contributed by atoms with Gasteiger partial charge in [-0.1, -0.05) is 32.0 Å². The van der Waals surface area contributed by atoms with Crippen molar-refractivity contribution in [3.05, 3.63) is 45.9 Å². The first kappa shape index (κ1) is 15.5. The summed E-state index contributed by atoms with van der Waals surface area (Å²) in [7, 11) is 0. The molecule has 2 rings (SSSR count). The van der Waals surface area contributed by atoms with Gasteiger partial charge in [-0.3, -0.25) is 4.79 Å². The zero-order valence-corrected chi connectivity index (χ0v) is 13.4. The highest BCUT2D eigenvalue weighted by atomic mass is 32.1. The van der Waals surface area contributed by atoms with Crippen molar-refractivity contribution in [3.63, 3.8) is 0 Å². The van der Waals surface area contributed by atoms with Crippen LogP contribution in [0.4, 0.5) is 0 Å². The lowest BCUT2D eigenvalue weighted by Crippen LogP contribution is -2.22. The summed E-state index contributed by atoms with van der Waals surface area (Å²) in [5.74, 6) is 1.15. The molecule has 1 amide bonds. The van der Waals surface area contributed by atoms with Crippen molar-refractivity contribution in [2.45, 2.75) is 33.3 Å². The summed E-state index contributed by atoms with van der Waals surface area (Å²) in [6.45, 7) is 7.15. The molecule has 21 heavy (non-hydrogen) atoms. The third-order valence-electron chi connectivity index (χ3n) is 3.01. The monoisotopic (exact) mass is 304 g/mol. The molecular weight excluding hydrogens is 284 g/mol. The molecule has 2 aromatic rings. The number of nitrogens with zero attached hydrogens (tertiary/aromatic N) is 1. The van der Waals surface area contributed by atoms with Gasteiger partial charge in [0.25, 0.3) is 5.91 Å². The number of rotatable bonds is 6. The molecule has 0 fully saturated rings. The van der Waals surface area contributed by atoms with Crippen molar-refractivity contribution in [1.82, 2.24) is 10.3 Å². The first-order valence-electron chi connectivity index (χ1n) is 7.06. The molecule has 1 aromatic heterocycles. The number of aromatic nitrogens is 1. The van der Waals surface area contributed by atoms with Crippen LogP contribution in [0.2, 0.25) is 0 Å². The molecule has 0 spiro atoms. The molecule has 0 aliphatic heterocycles. The molecule has 0 unspecified atom stereocenters. The van der Waals surface area contributed by atoms with E-state index in [1.807, 2.05) is 25.1 Å². The van der Waals surface area contributed by atoms with Crippen LogP contribution >= 0.6 is 11.3 Å². The zero-order chi connectivity index (χ0) is 15.2. The fourth-order valence-corrected chi connectivity index (χ4v) is 2.65. The topological polar surface area (TPSA) is 51.2 Å². The summed E-state index contributed by atoms with van der Waals surface area (Å²) in [6.07, 6.45) is 0. The van der Waals surface area contributed by atoms with E-state index in [0.717, 1.165) is 10.8 Å². The van der Waals surface area contributed by atoms with Gasteiger partial charge in [-0.25, -0.2) is 4.98 Å². The van der Waals surface area contributed by atoms with Gasteiger partial charge < -0.3 is 10.1 Å². The van der Waals surface area contributed by atoms with Crippen LogP contribution in [0.25, 0.3) is 0 Å². The molecule has 112 valence electrons. The fraction of sp³-hybridized carbons (Fsp3) is 0.375. The molecule has 0 aliphatic carbocycles. The van der Waals surface area contributed by atoms with Crippen LogP contribution in [0.15, 0.2) is 29.6 Å². The number of para-hydroxylation sites is 1. The Morgan fingerprint density at radius 2 is 2.14 bits per heavy atom. The molecule has 0 atom stereocenters. The fourth-order valence-electron chi connectivity index (χ4n) is 1.96. The largest absolute Gasteiger partial charge is 0.486 e. The molecule has 4 nitrogen and oxygen atoms in total. The maximum absolute atomic E-state index is 11.7. The highest BCUT2D eigenvalue weighted by molar-refractivity contribution is 7.09. The maximum Gasteiger partial charge on any atom is 0.270 e. The Bertz CT molecular complexity index is 608. The molecule has 1 heterocycles. The summed E-state index contributed by atoms with van der Waals surface area (Å²) < 4.78 is 5.85. The lowest BCUT2D eigenvalue weighted by Gasteiger charge is -2.12. The number of hydrogen-bond acceptors (Lipinski definition) is 4. The van der Waals surface area contributed by atoms with Crippen LogP contribution in [0.1, 0.15) is 47.7 Å². The highest BCUT2D eigenvalue weighted by Gasteiger charge is 2.11. The normalized spacial score (nSPS) is 10.7. The number of benzene rings is 1. The quantitative estimate of drug-likeness (QED) is 0.887. The molecule has 1 N–H and O–H groups in total. The lowest BCUT2D eigenvalue weighted by molar-refractivity contribution is 0.0951. The van der Waals surface area contributed by atoms with E-state index in [1.54, 1.807) is 5.38 Å². The standard InChI is InChI=1S/C16H20N2O2S/c1-4-17-16(19)13-10-21-15(18-13)9-20-14-8-6-5-7-12(14)11(2)3/h5-8,10-11H,4,9H2,1-3H3,(H,17,19). The smallest absolute Gasteiger partial charge is 0.270 e. The van der Waals surface area contributed by atoms with Crippen LogP contribution in [-0.4, -0.2) is 17.4 Å². The van der Waals surface area contributed by atoms with Crippen LogP contribution < -0.4 is 10.1 Å². The molecule has 0 bridgehead atoms. The van der Waals surface area contributed by atoms with Crippen molar-refractivity contribution in [3.8, 4) is 5.75 Å². The van der Waals surface area contributed by atoms with Crippen LogP contribution in [0, 0.1) is 0 Å². The predicted octanol–water partition coefficient (Wildman–Crippen LogP) is 3.60. The summed E-state index contributed by atoms with van der Waals surface area (Å²) >= 11 is 1.44. The van der Waals surface area contributed by atoms with Gasteiger partial charge in [-0.05, 0) is 24.5 Å². The Morgan fingerprint density at radius 1 is 1.38 bits per heavy atom. The molecule has 1 aromatic carbocycles. The molecular formula is C16H20N2O2S. The highest BCUT2D eigenvalue weighted by Crippen LogP contribution is 2.26. The van der Waals surface area contributed by atoms with Gasteiger partial charge in [0.05, 0.1) is 0 Å². The van der Waals surface area contributed by atoms with E-state index in [0.29, 0.717) is 24.8 Å². The van der Waals surface area contributed by atoms with Gasteiger partial charge in [-0.15, -0.1) is 11.3 Å². The predicted molar refractivity (Wildman–Crippen MR) is 85.0 cm³/mol. The van der Waals surface area contributed by atoms with E-state index in [4.69, 9.17) is 4.74 Å². The van der Waals surface area contributed by atoms with Gasteiger partial charge >= 0.3 is 0 Å². The second kappa shape index (κ2) is 7.22. The first-order chi connectivity index (χ1) is 10.1. The van der Waals surface area contributed by atoms with Gasteiger partial charge in [0.2, 0.25) is 0 Å². The van der Waals surface area contributed by atoms with E-state index in [1.165, 1.54) is 16.9 Å². The maximum atomic E-state index is 11.7. The van der Waals surface area contributed by atoms with Crippen LogP contribution in [-0.2, 0) is 6.61 Å². The van der Waals surface area contributed by atoms with Gasteiger partial charge in [-0.2, -0.15) is 0 Å². The van der Waals surface area contributed by atoms with E-state index < -0.39 is 0 Å². The van der Waals surface area contributed by atoms with Crippen molar-refractivity contribution >= 4 is 17.2 Å². The second-order valence-corrected chi connectivity index (χ2v) is 5.91. The van der Waals surface area contributed by atoms with Gasteiger partial charge in [0.1, 0.15) is 23.1 Å². The van der Waals surface area contributed by atoms with Crippen molar-refractivity contribution in [2.24, 2.45) is 0 Å². The average molecular weight is 304 g/mol. The number of carbonyl (C=O) groups excluding carboxylic acids is 1. The number of ether oxygens (including phenoxy) is 1. The van der Waals surface area contributed by atoms with Crippen molar-refractivity contribution in [2.75, 3.05) is 6.54 Å². The minimum absolute atomic E-state index is 0.136. The average Bonchev–Trinajstić information content (AvgIpc) is 2.94. The van der Waals surface area contributed by atoms with Crippen molar-refractivity contribution in [1.29, 1.82) is 0 Å². The molecule has 5 heteroatoms. The van der Waals surface area contributed by atoms with E-state index >= 15 is 0 Å². The molecule has 0 aliphatic rings. The Morgan fingerprint density at radius 3 is 2.86 bits per heavy atom. The van der Waals surface area contributed by atoms with Crippen molar-refractivity contribution < 1.29 is 9.53 Å². The third kappa shape index (κ3) is 4.04. The summed E-state index contributed by atoms with van der Waals surface area (Å²) in [6, 6.07) is 8.01. The summed E-state index contributed by atoms with van der Waals surface area (Å²) in [5.41, 5.74) is 1.63. The Labute approximate surface area is 129 Å². The molecule has 0 saturated heterocycles. The van der Waals surface area contributed by atoms with E-state index in [9.17, 15) is 4.79 Å². The van der Waals surface area contributed by atoms with Gasteiger partial charge in [0.15, 0.2) is 0 Å². The lowest BCUT2D eigenvalue weighted by atomic mass is 10.0. The summed E-state index contributed by atoms with van der Waals surface area (Å²) in [4.78, 5) is 16.0. The van der Waals surface area contributed by atoms with Crippen LogP contribution in [0.3, 0.4) is 0 Å². The van der Waals surface area contributed by atoms with Crippen LogP contribution in [0.5, 0.6) is 5.75 Å². The van der Waals surface area contributed by atoms with E-state index in [2.05, 4.69) is 30.2 Å². The third-order valence-corrected chi connectivity index (χ3v) is 3.84. The minimum Gasteiger partial charge on any atom is -0.486 e. The number of amides is 1. The van der Waals surface area contributed by atoms with Gasteiger partial charge in [0, 0.05) is 11.9 Å². The SMILES string of the molecule is CCNC(=O)c1csc(COc2ccccc2C(C)C)n1. The molecule has 0 radical (unpaired) electrons. The molecule has 0 saturated carbocycles. The number of nitrogens with one attached hydrogen (secondary N) is 1. The number of thiazole rings is 1. The minimum atomic E-state index is -0.136. The Balaban J connectivity index is 2.02. The first-order valence-corrected chi connectivity index (χ1v) is 7.94. The van der Waals surface area contributed by atoms with E-state index in [-0.39, 0.29) is 5.91 Å². The zero-order valence-electron chi connectivity index (χ0n) is 12.6. The Kier molecular flexibility index (Phi) is 5.33. The number of hydrogen-bond donors (Lipinski definition) is 1.